The number of quaternary nitrogens is 2. The van der Waals surface area contributed by atoms with Crippen LogP contribution in [-0.4, -0.2) is 31.2 Å². The number of hydrogen-bond acceptors (Lipinski definition) is 2. The van der Waals surface area contributed by atoms with E-state index in [9.17, 15) is 5.21 Å². The van der Waals surface area contributed by atoms with Gasteiger partial charge in [-0.25, -0.2) is 0 Å². The molecule has 68 valence electrons. The van der Waals surface area contributed by atoms with Gasteiger partial charge in [0.25, 0.3) is 0 Å². The van der Waals surface area contributed by atoms with Gasteiger partial charge in [-0.05, 0) is 13.8 Å². The van der Waals surface area contributed by atoms with E-state index in [1.54, 1.807) is 7.05 Å². The summed E-state index contributed by atoms with van der Waals surface area (Å²) in [5.74, 6) is 0. The Morgan fingerprint density at radius 3 is 2.36 bits per heavy atom. The molecule has 0 aromatic rings. The molecule has 0 bridgehead atoms. The zero-order valence-electron chi connectivity index (χ0n) is 7.76. The molecule has 0 fully saturated rings. The summed E-state index contributed by atoms with van der Waals surface area (Å²) in [6.45, 7) is 5.81. The average Bonchev–Trinajstić information content (AvgIpc) is 1.87. The summed E-state index contributed by atoms with van der Waals surface area (Å²) in [7, 11) is 1.61. The van der Waals surface area contributed by atoms with Gasteiger partial charge < -0.3 is 10.9 Å². The summed E-state index contributed by atoms with van der Waals surface area (Å²) in [6.07, 6.45) is 0.998. The Kier molecular flexibility index (Phi) is 5.41. The van der Waals surface area contributed by atoms with Crippen LogP contribution in [0.5, 0.6) is 0 Å². The van der Waals surface area contributed by atoms with Gasteiger partial charge in [-0.1, -0.05) is 0 Å². The van der Waals surface area contributed by atoms with Gasteiger partial charge in [0.1, 0.15) is 0 Å². The van der Waals surface area contributed by atoms with Crippen LogP contribution in [0.3, 0.4) is 0 Å². The largest absolute Gasteiger partial charge is 0.613 e. The minimum Gasteiger partial charge on any atom is -0.613 e. The molecule has 0 aliphatic rings. The van der Waals surface area contributed by atoms with Crippen LogP contribution in [0, 0.1) is 5.21 Å². The first-order valence-electron chi connectivity index (χ1n) is 4.16. The SMILES string of the molecule is CC(C)N(CCC[NH3+])[NH+](C)[O-]. The van der Waals surface area contributed by atoms with Gasteiger partial charge in [0.2, 0.25) is 0 Å². The Morgan fingerprint density at radius 2 is 2.09 bits per heavy atom. The standard InChI is InChI=1S/C7H19N3O/c1-7(2)10(9(3)11)6-4-5-8/h7,9H,4-6,8H2,1-3H3/p+1. The molecule has 0 saturated carbocycles. The predicted octanol–water partition coefficient (Wildman–Crippen LogP) is -1.74. The summed E-state index contributed by atoms with van der Waals surface area (Å²) in [6, 6.07) is 0.319. The fourth-order valence-corrected chi connectivity index (χ4v) is 1.06. The number of hydroxylamine groups is 1. The van der Waals surface area contributed by atoms with E-state index in [0.29, 0.717) is 6.04 Å². The molecule has 0 heterocycles. The van der Waals surface area contributed by atoms with Crippen molar-refractivity contribution in [1.82, 2.24) is 5.01 Å². The molecule has 4 heteroatoms. The Balaban J connectivity index is 3.70. The van der Waals surface area contributed by atoms with Crippen LogP contribution in [0.1, 0.15) is 20.3 Å². The first-order valence-corrected chi connectivity index (χ1v) is 4.16. The molecular formula is C7H20N3O+. The third kappa shape index (κ3) is 4.31. The summed E-state index contributed by atoms with van der Waals surface area (Å²) in [4.78, 5) is 0. The van der Waals surface area contributed by atoms with Crippen molar-refractivity contribution in [3.05, 3.63) is 5.21 Å². The minimum absolute atomic E-state index is 0.161. The molecule has 4 N–H and O–H groups in total. The van der Waals surface area contributed by atoms with Crippen LogP contribution >= 0.6 is 0 Å². The Labute approximate surface area is 68.5 Å². The van der Waals surface area contributed by atoms with Crippen molar-refractivity contribution in [2.24, 2.45) is 0 Å². The fourth-order valence-electron chi connectivity index (χ4n) is 1.06. The maximum absolute atomic E-state index is 11.0. The lowest BCUT2D eigenvalue weighted by Crippen LogP contribution is -3.12. The van der Waals surface area contributed by atoms with E-state index in [1.807, 2.05) is 18.9 Å². The molecule has 0 spiro atoms. The van der Waals surface area contributed by atoms with Crippen LogP contribution in [-0.2, 0) is 0 Å². The van der Waals surface area contributed by atoms with Crippen molar-refractivity contribution < 1.29 is 10.9 Å². The first-order chi connectivity index (χ1) is 5.09. The normalized spacial score (nSPS) is 14.5. The molecule has 0 radical (unpaired) electrons. The molecule has 1 atom stereocenters. The van der Waals surface area contributed by atoms with Gasteiger partial charge in [-0.2, -0.15) is 5.01 Å². The van der Waals surface area contributed by atoms with Crippen molar-refractivity contribution in [1.29, 1.82) is 0 Å². The van der Waals surface area contributed by atoms with Gasteiger partial charge in [0.05, 0.1) is 26.2 Å². The summed E-state index contributed by atoms with van der Waals surface area (Å²) in [5.41, 5.74) is 3.74. The van der Waals surface area contributed by atoms with Crippen LogP contribution in [0.2, 0.25) is 0 Å². The summed E-state index contributed by atoms with van der Waals surface area (Å²) < 4.78 is 0. The molecule has 1 unspecified atom stereocenters. The third-order valence-corrected chi connectivity index (χ3v) is 1.68. The zero-order valence-corrected chi connectivity index (χ0v) is 7.76. The second kappa shape index (κ2) is 5.49. The Hall–Kier alpha value is -0.160. The summed E-state index contributed by atoms with van der Waals surface area (Å²) in [5, 5.41) is 13.0. The second-order valence-corrected chi connectivity index (χ2v) is 3.01. The molecule has 11 heavy (non-hydrogen) atoms. The lowest BCUT2D eigenvalue weighted by atomic mass is 10.3. The van der Waals surface area contributed by atoms with Gasteiger partial charge >= 0.3 is 0 Å². The highest BCUT2D eigenvalue weighted by molar-refractivity contribution is 4.50. The van der Waals surface area contributed by atoms with E-state index in [-0.39, 0.29) is 5.17 Å². The van der Waals surface area contributed by atoms with Crippen molar-refractivity contribution >= 4 is 0 Å². The van der Waals surface area contributed by atoms with Crippen molar-refractivity contribution in [2.75, 3.05) is 20.1 Å². The van der Waals surface area contributed by atoms with E-state index in [2.05, 4.69) is 5.73 Å². The smallest absolute Gasteiger partial charge is 0.0841 e. The lowest BCUT2D eigenvalue weighted by molar-refractivity contribution is -0.958. The number of hydrogen-bond donors (Lipinski definition) is 2. The Morgan fingerprint density at radius 1 is 1.55 bits per heavy atom. The number of rotatable bonds is 5. The second-order valence-electron chi connectivity index (χ2n) is 3.01. The number of nitrogens with zero attached hydrogens (tertiary/aromatic N) is 1. The van der Waals surface area contributed by atoms with Crippen LogP contribution in [0.4, 0.5) is 0 Å². The first kappa shape index (κ1) is 10.8. The van der Waals surface area contributed by atoms with E-state index < -0.39 is 0 Å². The molecular weight excluding hydrogens is 142 g/mol. The van der Waals surface area contributed by atoms with E-state index in [0.717, 1.165) is 19.5 Å². The van der Waals surface area contributed by atoms with Gasteiger partial charge in [-0.15, -0.1) is 0 Å². The molecule has 0 saturated heterocycles. The van der Waals surface area contributed by atoms with Crippen molar-refractivity contribution in [3.8, 4) is 0 Å². The quantitative estimate of drug-likeness (QED) is 0.471. The van der Waals surface area contributed by atoms with Gasteiger partial charge in [0, 0.05) is 6.42 Å². The zero-order chi connectivity index (χ0) is 8.85. The van der Waals surface area contributed by atoms with Gasteiger partial charge in [0.15, 0.2) is 0 Å². The molecule has 0 amide bonds. The Bertz CT molecular complexity index is 87.7. The van der Waals surface area contributed by atoms with E-state index in [4.69, 9.17) is 0 Å². The number of nitrogens with one attached hydrogen (secondary N) is 1. The lowest BCUT2D eigenvalue weighted by Gasteiger charge is -2.33. The highest BCUT2D eigenvalue weighted by atomic mass is 16.5. The topological polar surface area (TPSA) is 58.4 Å². The van der Waals surface area contributed by atoms with Crippen LogP contribution in [0.25, 0.3) is 0 Å². The third-order valence-electron chi connectivity index (χ3n) is 1.68. The predicted molar refractivity (Wildman–Crippen MR) is 44.5 cm³/mol. The van der Waals surface area contributed by atoms with Crippen molar-refractivity contribution in [3.63, 3.8) is 0 Å². The van der Waals surface area contributed by atoms with Gasteiger partial charge in [-0.3, -0.25) is 5.17 Å². The maximum atomic E-state index is 11.0. The molecule has 0 aliphatic heterocycles. The molecule has 4 nitrogen and oxygen atoms in total. The monoisotopic (exact) mass is 162 g/mol. The highest BCUT2D eigenvalue weighted by Crippen LogP contribution is 1.89. The van der Waals surface area contributed by atoms with E-state index >= 15 is 0 Å². The van der Waals surface area contributed by atoms with Crippen molar-refractivity contribution in [2.45, 2.75) is 26.3 Å². The molecule has 0 aromatic heterocycles. The fraction of sp³-hybridized carbons (Fsp3) is 1.00. The summed E-state index contributed by atoms with van der Waals surface area (Å²) >= 11 is 0. The minimum atomic E-state index is 0.161. The average molecular weight is 162 g/mol. The molecule has 0 rings (SSSR count). The van der Waals surface area contributed by atoms with Crippen LogP contribution < -0.4 is 10.9 Å². The maximum Gasteiger partial charge on any atom is 0.0841 e. The van der Waals surface area contributed by atoms with Crippen LogP contribution in [0.15, 0.2) is 0 Å². The molecule has 0 aliphatic carbocycles. The molecule has 0 aromatic carbocycles. The van der Waals surface area contributed by atoms with E-state index in [1.165, 1.54) is 0 Å². The highest BCUT2D eigenvalue weighted by Gasteiger charge is 2.11.